The maximum absolute atomic E-state index is 12.3. The Bertz CT molecular complexity index is 607. The van der Waals surface area contributed by atoms with Crippen LogP contribution in [0.15, 0.2) is 36.5 Å². The summed E-state index contributed by atoms with van der Waals surface area (Å²) in [6, 6.07) is 9.41. The third-order valence-corrected chi connectivity index (χ3v) is 2.87. The molecule has 0 aliphatic carbocycles. The molecule has 0 unspecified atom stereocenters. The number of hydrogen-bond acceptors (Lipinski definition) is 4. The van der Waals surface area contributed by atoms with E-state index < -0.39 is 5.97 Å². The summed E-state index contributed by atoms with van der Waals surface area (Å²) in [7, 11) is 2.83. The van der Waals surface area contributed by atoms with E-state index in [9.17, 15) is 9.59 Å². The van der Waals surface area contributed by atoms with Crippen molar-refractivity contribution in [2.45, 2.75) is 0 Å². The van der Waals surface area contributed by atoms with Crippen molar-refractivity contribution in [3.63, 3.8) is 0 Å². The highest BCUT2D eigenvalue weighted by Crippen LogP contribution is 2.21. The van der Waals surface area contributed by atoms with Crippen molar-refractivity contribution in [3.8, 4) is 11.3 Å². The molecule has 6 heteroatoms. The predicted octanol–water partition coefficient (Wildman–Crippen LogP) is 1.32. The fraction of sp³-hybridized carbons (Fsp3) is 0.214. The molecule has 2 aromatic rings. The minimum Gasteiger partial charge on any atom is -0.468 e. The van der Waals surface area contributed by atoms with Crippen LogP contribution in [0.25, 0.3) is 11.3 Å². The van der Waals surface area contributed by atoms with E-state index in [0.717, 1.165) is 5.56 Å². The highest BCUT2D eigenvalue weighted by atomic mass is 16.5. The quantitative estimate of drug-likeness (QED) is 0.852. The van der Waals surface area contributed by atoms with Gasteiger partial charge in [-0.15, -0.1) is 0 Å². The lowest BCUT2D eigenvalue weighted by molar-refractivity contribution is -0.141. The number of ether oxygens (including phenoxy) is 1. The van der Waals surface area contributed by atoms with Crippen LogP contribution in [0.2, 0.25) is 0 Å². The zero-order chi connectivity index (χ0) is 14.5. The highest BCUT2D eigenvalue weighted by Gasteiger charge is 2.20. The van der Waals surface area contributed by atoms with E-state index in [4.69, 9.17) is 0 Å². The summed E-state index contributed by atoms with van der Waals surface area (Å²) >= 11 is 0. The summed E-state index contributed by atoms with van der Waals surface area (Å²) in [6.45, 7) is -0.102. The van der Waals surface area contributed by atoms with Gasteiger partial charge >= 0.3 is 5.97 Å². The van der Waals surface area contributed by atoms with Crippen LogP contribution in [0.5, 0.6) is 0 Å². The standard InChI is InChI=1S/C14H15N3O3/c1-17(9-12(18)20-2)14(19)11-8-15-16-13(11)10-6-4-3-5-7-10/h3-8H,9H2,1-2H3,(H,15,16). The van der Waals surface area contributed by atoms with Gasteiger partial charge in [0.2, 0.25) is 0 Å². The molecular weight excluding hydrogens is 258 g/mol. The average molecular weight is 273 g/mol. The lowest BCUT2D eigenvalue weighted by Crippen LogP contribution is -2.32. The zero-order valence-electron chi connectivity index (χ0n) is 11.3. The smallest absolute Gasteiger partial charge is 0.325 e. The number of carbonyl (C=O) groups is 2. The van der Waals surface area contributed by atoms with Crippen molar-refractivity contribution in [1.29, 1.82) is 0 Å². The molecule has 20 heavy (non-hydrogen) atoms. The number of likely N-dealkylation sites (N-methyl/N-ethyl adjacent to an activating group) is 1. The number of esters is 1. The zero-order valence-corrected chi connectivity index (χ0v) is 11.3. The van der Waals surface area contributed by atoms with Crippen molar-refractivity contribution in [3.05, 3.63) is 42.1 Å². The first kappa shape index (κ1) is 13.8. The Labute approximate surface area is 116 Å². The number of rotatable bonds is 4. The molecule has 0 atom stereocenters. The molecule has 0 saturated carbocycles. The summed E-state index contributed by atoms with van der Waals surface area (Å²) in [4.78, 5) is 24.8. The van der Waals surface area contributed by atoms with E-state index in [1.807, 2.05) is 30.3 Å². The second kappa shape index (κ2) is 6.01. The number of aromatic nitrogens is 2. The summed E-state index contributed by atoms with van der Waals surface area (Å²) in [5, 5.41) is 6.72. The average Bonchev–Trinajstić information content (AvgIpc) is 2.96. The molecule has 0 fully saturated rings. The van der Waals surface area contributed by atoms with Gasteiger partial charge in [0.1, 0.15) is 6.54 Å². The molecule has 2 rings (SSSR count). The molecule has 0 spiro atoms. The first-order valence-corrected chi connectivity index (χ1v) is 6.04. The van der Waals surface area contributed by atoms with Crippen molar-refractivity contribution >= 4 is 11.9 Å². The van der Waals surface area contributed by atoms with E-state index in [-0.39, 0.29) is 12.5 Å². The lowest BCUT2D eigenvalue weighted by atomic mass is 10.1. The molecule has 104 valence electrons. The topological polar surface area (TPSA) is 75.3 Å². The Balaban J connectivity index is 2.24. The van der Waals surface area contributed by atoms with Gasteiger partial charge in [0, 0.05) is 12.6 Å². The second-order valence-corrected chi connectivity index (χ2v) is 4.26. The van der Waals surface area contributed by atoms with Gasteiger partial charge in [0.25, 0.3) is 5.91 Å². The maximum atomic E-state index is 12.3. The number of benzene rings is 1. The Morgan fingerprint density at radius 1 is 1.30 bits per heavy atom. The summed E-state index contributed by atoms with van der Waals surface area (Å²) in [5.41, 5.74) is 1.91. The normalized spacial score (nSPS) is 10.1. The first-order chi connectivity index (χ1) is 9.63. The van der Waals surface area contributed by atoms with Crippen LogP contribution in [0.4, 0.5) is 0 Å². The molecule has 1 heterocycles. The van der Waals surface area contributed by atoms with E-state index in [1.165, 1.54) is 18.2 Å². The van der Waals surface area contributed by atoms with Crippen molar-refractivity contribution in [2.24, 2.45) is 0 Å². The third kappa shape index (κ3) is 2.85. The summed E-state index contributed by atoms with van der Waals surface area (Å²) in [5.74, 6) is -0.756. The van der Waals surface area contributed by atoms with E-state index in [2.05, 4.69) is 14.9 Å². The van der Waals surface area contributed by atoms with Gasteiger partial charge in [-0.2, -0.15) is 5.10 Å². The van der Waals surface area contributed by atoms with Crippen LogP contribution in [0, 0.1) is 0 Å². The highest BCUT2D eigenvalue weighted by molar-refractivity contribution is 6.00. The van der Waals surface area contributed by atoms with Gasteiger partial charge in [0.15, 0.2) is 0 Å². The minimum atomic E-state index is -0.467. The number of amides is 1. The molecular formula is C14H15N3O3. The number of methoxy groups -OCH3 is 1. The van der Waals surface area contributed by atoms with E-state index in [0.29, 0.717) is 11.3 Å². The molecule has 1 amide bonds. The van der Waals surface area contributed by atoms with Gasteiger partial charge < -0.3 is 9.64 Å². The molecule has 6 nitrogen and oxygen atoms in total. The number of hydrogen-bond donors (Lipinski definition) is 1. The fourth-order valence-electron chi connectivity index (χ4n) is 1.81. The molecule has 0 aliphatic rings. The van der Waals surface area contributed by atoms with Crippen LogP contribution < -0.4 is 0 Å². The van der Waals surface area contributed by atoms with Gasteiger partial charge in [-0.3, -0.25) is 14.7 Å². The van der Waals surface area contributed by atoms with E-state index in [1.54, 1.807) is 7.05 Å². The maximum Gasteiger partial charge on any atom is 0.325 e. The largest absolute Gasteiger partial charge is 0.468 e. The molecule has 1 N–H and O–H groups in total. The van der Waals surface area contributed by atoms with Gasteiger partial charge in [-0.25, -0.2) is 0 Å². The van der Waals surface area contributed by atoms with Gasteiger partial charge in [0.05, 0.1) is 24.6 Å². The van der Waals surface area contributed by atoms with Crippen LogP contribution in [0.3, 0.4) is 0 Å². The summed E-state index contributed by atoms with van der Waals surface area (Å²) < 4.78 is 4.55. The van der Waals surface area contributed by atoms with Crippen LogP contribution in [-0.4, -0.2) is 47.7 Å². The van der Waals surface area contributed by atoms with Crippen molar-refractivity contribution in [1.82, 2.24) is 15.1 Å². The Kier molecular flexibility index (Phi) is 4.14. The predicted molar refractivity (Wildman–Crippen MR) is 73.0 cm³/mol. The second-order valence-electron chi connectivity index (χ2n) is 4.26. The molecule has 0 bridgehead atoms. The number of carbonyl (C=O) groups excluding carboxylic acids is 2. The fourth-order valence-corrected chi connectivity index (χ4v) is 1.81. The van der Waals surface area contributed by atoms with Crippen molar-refractivity contribution in [2.75, 3.05) is 20.7 Å². The summed E-state index contributed by atoms with van der Waals surface area (Å²) in [6.07, 6.45) is 1.46. The van der Waals surface area contributed by atoms with Crippen molar-refractivity contribution < 1.29 is 14.3 Å². The molecule has 1 aromatic carbocycles. The van der Waals surface area contributed by atoms with E-state index >= 15 is 0 Å². The lowest BCUT2D eigenvalue weighted by Gasteiger charge is -2.15. The number of nitrogens with one attached hydrogen (secondary N) is 1. The molecule has 1 aromatic heterocycles. The molecule has 0 radical (unpaired) electrons. The van der Waals surface area contributed by atoms with Crippen LogP contribution in [-0.2, 0) is 9.53 Å². The van der Waals surface area contributed by atoms with Crippen LogP contribution in [0.1, 0.15) is 10.4 Å². The minimum absolute atomic E-state index is 0.102. The Hall–Kier alpha value is -2.63. The number of H-pyrrole nitrogens is 1. The Morgan fingerprint density at radius 3 is 2.65 bits per heavy atom. The molecule has 0 saturated heterocycles. The number of nitrogens with zero attached hydrogens (tertiary/aromatic N) is 2. The SMILES string of the molecule is COC(=O)CN(C)C(=O)c1cn[nH]c1-c1ccccc1. The Morgan fingerprint density at radius 2 is 2.00 bits per heavy atom. The third-order valence-electron chi connectivity index (χ3n) is 2.87. The monoisotopic (exact) mass is 273 g/mol. The van der Waals surface area contributed by atoms with Gasteiger partial charge in [-0.1, -0.05) is 30.3 Å². The molecule has 0 aliphatic heterocycles. The van der Waals surface area contributed by atoms with Crippen LogP contribution >= 0.6 is 0 Å². The number of aromatic amines is 1. The first-order valence-electron chi connectivity index (χ1n) is 6.04. The van der Waals surface area contributed by atoms with Gasteiger partial charge in [-0.05, 0) is 0 Å².